The zero-order valence-electron chi connectivity index (χ0n) is 16.5. The molecular weight excluding hydrogens is 477 g/mol. The second-order valence-corrected chi connectivity index (χ2v) is 8.99. The maximum atomic E-state index is 13.2. The summed E-state index contributed by atoms with van der Waals surface area (Å²) < 4.78 is 41.0. The summed E-state index contributed by atoms with van der Waals surface area (Å²) in [6.45, 7) is -0.0436. The van der Waals surface area contributed by atoms with E-state index in [9.17, 15) is 23.1 Å². The molecule has 5 aromatic heterocycles. The highest BCUT2D eigenvalue weighted by Crippen LogP contribution is 2.32. The molecule has 0 radical (unpaired) electrons. The number of aliphatic hydroxyl groups excluding tert-OH is 1. The smallest absolute Gasteiger partial charge is 0.389 e. The number of aromatic nitrogens is 5. The Morgan fingerprint density at radius 1 is 1.12 bits per heavy atom. The highest BCUT2D eigenvalue weighted by atomic mass is 32.1. The van der Waals surface area contributed by atoms with E-state index in [2.05, 4.69) is 25.3 Å². The van der Waals surface area contributed by atoms with Crippen molar-refractivity contribution in [3.63, 3.8) is 0 Å². The number of fused-ring (bicyclic) bond motifs is 2. The van der Waals surface area contributed by atoms with Gasteiger partial charge >= 0.3 is 6.18 Å². The molecule has 5 heterocycles. The van der Waals surface area contributed by atoms with E-state index in [0.29, 0.717) is 26.0 Å². The third-order valence-corrected chi connectivity index (χ3v) is 6.48. The molecule has 0 aliphatic rings. The van der Waals surface area contributed by atoms with Crippen molar-refractivity contribution in [3.8, 4) is 0 Å². The fourth-order valence-electron chi connectivity index (χ4n) is 3.31. The van der Waals surface area contributed by atoms with E-state index in [1.807, 2.05) is 0 Å². The van der Waals surface area contributed by atoms with Crippen molar-refractivity contribution in [1.29, 1.82) is 0 Å². The van der Waals surface area contributed by atoms with Gasteiger partial charge in [-0.1, -0.05) is 11.3 Å². The van der Waals surface area contributed by atoms with Gasteiger partial charge in [-0.05, 0) is 18.2 Å². The molecule has 0 aliphatic carbocycles. The van der Waals surface area contributed by atoms with Gasteiger partial charge in [0.25, 0.3) is 5.91 Å². The molecule has 0 aliphatic heterocycles. The van der Waals surface area contributed by atoms with Crippen molar-refractivity contribution in [2.24, 2.45) is 0 Å². The number of anilines is 1. The molecule has 5 aromatic rings. The van der Waals surface area contributed by atoms with Gasteiger partial charge < -0.3 is 15.0 Å². The van der Waals surface area contributed by atoms with E-state index in [4.69, 9.17) is 0 Å². The normalized spacial score (nSPS) is 12.0. The van der Waals surface area contributed by atoms with Crippen LogP contribution in [0.25, 0.3) is 21.4 Å². The van der Waals surface area contributed by atoms with Crippen LogP contribution in [-0.4, -0.2) is 35.5 Å². The molecule has 0 saturated heterocycles. The molecule has 1 amide bonds. The van der Waals surface area contributed by atoms with Crippen molar-refractivity contribution in [2.75, 3.05) is 5.32 Å². The van der Waals surface area contributed by atoms with Crippen molar-refractivity contribution in [2.45, 2.75) is 19.3 Å². The third kappa shape index (κ3) is 4.17. The van der Waals surface area contributed by atoms with Gasteiger partial charge in [0.1, 0.15) is 31.7 Å². The summed E-state index contributed by atoms with van der Waals surface area (Å²) in [6, 6.07) is 3.96. The molecule has 2 N–H and O–H groups in total. The van der Waals surface area contributed by atoms with E-state index in [1.165, 1.54) is 39.5 Å². The van der Waals surface area contributed by atoms with Crippen LogP contribution in [-0.2, 0) is 19.3 Å². The number of alkyl halides is 3. The number of rotatable bonds is 5. The van der Waals surface area contributed by atoms with Gasteiger partial charge in [0.05, 0.1) is 30.6 Å². The number of carbonyl (C=O) groups is 1. The van der Waals surface area contributed by atoms with E-state index < -0.39 is 17.6 Å². The first-order valence-corrected chi connectivity index (χ1v) is 11.1. The van der Waals surface area contributed by atoms with Gasteiger partial charge in [0, 0.05) is 23.2 Å². The topological polar surface area (TPSA) is 106 Å². The molecule has 0 unspecified atom stereocenters. The number of carbonyl (C=O) groups excluding carboxylic acids is 1. The average Bonchev–Trinajstić information content (AvgIpc) is 3.51. The summed E-state index contributed by atoms with van der Waals surface area (Å²) >= 11 is 2.60. The zero-order chi connectivity index (χ0) is 23.2. The number of thiazole rings is 2. The summed E-state index contributed by atoms with van der Waals surface area (Å²) in [6.07, 6.45) is -0.742. The number of pyridine rings is 2. The highest BCUT2D eigenvalue weighted by molar-refractivity contribution is 7.18. The second-order valence-electron chi connectivity index (χ2n) is 6.94. The lowest BCUT2D eigenvalue weighted by molar-refractivity contribution is -0.137. The van der Waals surface area contributed by atoms with Gasteiger partial charge in [-0.2, -0.15) is 13.2 Å². The quantitative estimate of drug-likeness (QED) is 0.380. The number of nitrogens with one attached hydrogen (secondary N) is 1. The minimum atomic E-state index is -4.55. The van der Waals surface area contributed by atoms with Crippen LogP contribution in [0.4, 0.5) is 18.9 Å². The fourth-order valence-corrected chi connectivity index (χ4v) is 4.66. The van der Waals surface area contributed by atoms with E-state index in [0.717, 1.165) is 12.3 Å². The molecule has 0 atom stereocenters. The monoisotopic (exact) mass is 490 g/mol. The molecule has 0 bridgehead atoms. The van der Waals surface area contributed by atoms with Gasteiger partial charge in [0.15, 0.2) is 0 Å². The number of nitrogens with zero attached hydrogens (tertiary/aromatic N) is 5. The minimum Gasteiger partial charge on any atom is -0.389 e. The van der Waals surface area contributed by atoms with Gasteiger partial charge in [-0.25, -0.2) is 19.9 Å². The van der Waals surface area contributed by atoms with Crippen LogP contribution in [0.2, 0.25) is 0 Å². The van der Waals surface area contributed by atoms with Crippen molar-refractivity contribution in [3.05, 3.63) is 63.4 Å². The molecule has 33 heavy (non-hydrogen) atoms. The Morgan fingerprint density at radius 2 is 1.97 bits per heavy atom. The highest BCUT2D eigenvalue weighted by Gasteiger charge is 2.32. The number of hydrogen-bond donors (Lipinski definition) is 2. The first-order chi connectivity index (χ1) is 15.8. The van der Waals surface area contributed by atoms with Crippen LogP contribution < -0.4 is 5.32 Å². The lowest BCUT2D eigenvalue weighted by Crippen LogP contribution is -2.18. The number of aliphatic hydroxyl groups is 1. The van der Waals surface area contributed by atoms with E-state index in [-0.39, 0.29) is 29.9 Å². The molecule has 0 fully saturated rings. The molecule has 168 valence electrons. The van der Waals surface area contributed by atoms with Crippen LogP contribution in [0, 0.1) is 0 Å². The van der Waals surface area contributed by atoms with Crippen molar-refractivity contribution in [1.82, 2.24) is 24.5 Å². The standard InChI is InChI=1S/C20H13F3N6O2S2/c21-20(22,23)11-3-10-4-14(29(17(10)25-6-11)8-15-24-1-2-32-15)18(31)27-12-5-13-19(26-7-12)33-16(9-30)28-13/h1-7,30H,8-9H2,(H,27,31). The zero-order valence-corrected chi connectivity index (χ0v) is 18.1. The van der Waals surface area contributed by atoms with Crippen LogP contribution in [0.15, 0.2) is 42.2 Å². The first-order valence-electron chi connectivity index (χ1n) is 9.44. The second kappa shape index (κ2) is 8.17. The molecule has 0 aromatic carbocycles. The SMILES string of the molecule is O=C(Nc1cnc2sc(CO)nc2c1)c1cc2cc(C(F)(F)F)cnc2n1Cc1nccs1. The maximum Gasteiger partial charge on any atom is 0.417 e. The number of halogens is 3. The Hall–Kier alpha value is -3.42. The van der Waals surface area contributed by atoms with Crippen LogP contribution in [0.3, 0.4) is 0 Å². The molecule has 0 spiro atoms. The Bertz CT molecular complexity index is 1480. The third-order valence-electron chi connectivity index (χ3n) is 4.76. The molecule has 0 saturated carbocycles. The van der Waals surface area contributed by atoms with Crippen LogP contribution >= 0.6 is 22.7 Å². The molecule has 13 heteroatoms. The summed E-state index contributed by atoms with van der Waals surface area (Å²) in [5, 5.41) is 15.1. The summed E-state index contributed by atoms with van der Waals surface area (Å²) in [4.78, 5) is 30.4. The molecule has 5 rings (SSSR count). The predicted octanol–water partition coefficient (Wildman–Crippen LogP) is 4.31. The minimum absolute atomic E-state index is 0.126. The largest absolute Gasteiger partial charge is 0.417 e. The molecule has 8 nitrogen and oxygen atoms in total. The van der Waals surface area contributed by atoms with Crippen molar-refractivity contribution >= 4 is 55.6 Å². The Balaban J connectivity index is 1.54. The van der Waals surface area contributed by atoms with Gasteiger partial charge in [0.2, 0.25) is 0 Å². The average molecular weight is 490 g/mol. The van der Waals surface area contributed by atoms with Crippen LogP contribution in [0.5, 0.6) is 0 Å². The number of hydrogen-bond acceptors (Lipinski definition) is 8. The Kier molecular flexibility index (Phi) is 5.31. The first kappa shape index (κ1) is 21.4. The van der Waals surface area contributed by atoms with Crippen LogP contribution in [0.1, 0.15) is 26.1 Å². The Labute approximate surface area is 191 Å². The predicted molar refractivity (Wildman–Crippen MR) is 117 cm³/mol. The lowest BCUT2D eigenvalue weighted by Gasteiger charge is -2.10. The molecular formula is C20H13F3N6O2S2. The maximum absolute atomic E-state index is 13.2. The summed E-state index contributed by atoms with van der Waals surface area (Å²) in [7, 11) is 0. The summed E-state index contributed by atoms with van der Waals surface area (Å²) in [5.74, 6) is -0.545. The lowest BCUT2D eigenvalue weighted by atomic mass is 10.2. The fraction of sp³-hybridized carbons (Fsp3) is 0.150. The van der Waals surface area contributed by atoms with Gasteiger partial charge in [-0.3, -0.25) is 4.79 Å². The van der Waals surface area contributed by atoms with Crippen molar-refractivity contribution < 1.29 is 23.1 Å². The number of amides is 1. The Morgan fingerprint density at radius 3 is 2.70 bits per heavy atom. The van der Waals surface area contributed by atoms with Gasteiger partial charge in [-0.15, -0.1) is 11.3 Å². The summed E-state index contributed by atoms with van der Waals surface area (Å²) in [5.41, 5.74) is 0.343. The van der Waals surface area contributed by atoms with E-state index in [1.54, 1.807) is 17.6 Å². The van der Waals surface area contributed by atoms with E-state index >= 15 is 0 Å².